The van der Waals surface area contributed by atoms with Gasteiger partial charge in [-0.05, 0) is 128 Å². The van der Waals surface area contributed by atoms with E-state index in [2.05, 4.69) is 184 Å². The molecule has 0 spiro atoms. The molecule has 0 saturated heterocycles. The summed E-state index contributed by atoms with van der Waals surface area (Å²) < 4.78 is 34.7. The number of carbonyl (C=O) groups excluding carboxylic acids is 2. The monoisotopic (exact) mass is 1210 g/mol. The van der Waals surface area contributed by atoms with Gasteiger partial charge < -0.3 is 18.9 Å². The number of ether oxygens (including phenoxy) is 2. The molecule has 1 N–H and O–H groups in total. The van der Waals surface area contributed by atoms with Crippen molar-refractivity contribution in [2.75, 3.05) is 47.5 Å². The first-order chi connectivity index (χ1) is 42.0. The Morgan fingerprint density at radius 1 is 0.360 bits per heavy atom. The van der Waals surface area contributed by atoms with E-state index in [-0.39, 0.29) is 32.0 Å². The number of nitrogens with zero attached hydrogens (tertiary/aromatic N) is 1. The lowest BCUT2D eigenvalue weighted by molar-refractivity contribution is -0.870. The summed E-state index contributed by atoms with van der Waals surface area (Å²) >= 11 is 0. The number of rotatable bonds is 60. The molecule has 0 aliphatic rings. The van der Waals surface area contributed by atoms with Crippen LogP contribution in [0.15, 0.2) is 170 Å². The van der Waals surface area contributed by atoms with Gasteiger partial charge in [0.05, 0.1) is 27.7 Å². The van der Waals surface area contributed by atoms with Gasteiger partial charge in [-0.25, -0.2) is 4.57 Å². The lowest BCUT2D eigenvalue weighted by atomic mass is 10.1. The van der Waals surface area contributed by atoms with Crippen molar-refractivity contribution in [2.24, 2.45) is 0 Å². The number of phosphoric acid groups is 1. The molecular weight excluding hydrogens is 1090 g/mol. The maximum atomic E-state index is 12.9. The number of quaternary nitrogens is 1. The number of carbonyl (C=O) groups is 2. The highest BCUT2D eigenvalue weighted by Crippen LogP contribution is 2.43. The minimum Gasteiger partial charge on any atom is -0.462 e. The van der Waals surface area contributed by atoms with Crippen LogP contribution in [-0.2, 0) is 32.7 Å². The average Bonchev–Trinajstić information content (AvgIpc) is 3.64. The van der Waals surface area contributed by atoms with Gasteiger partial charge in [0.25, 0.3) is 0 Å². The van der Waals surface area contributed by atoms with Gasteiger partial charge in [-0.15, -0.1) is 0 Å². The molecule has 0 amide bonds. The second kappa shape index (κ2) is 64.8. The molecule has 0 aromatic heterocycles. The van der Waals surface area contributed by atoms with Crippen molar-refractivity contribution in [3.63, 3.8) is 0 Å². The van der Waals surface area contributed by atoms with E-state index in [1.54, 1.807) is 0 Å². The molecule has 10 heteroatoms. The quantitative estimate of drug-likeness (QED) is 0.0211. The van der Waals surface area contributed by atoms with Crippen LogP contribution in [0.4, 0.5) is 0 Å². The van der Waals surface area contributed by atoms with Gasteiger partial charge in [0.2, 0.25) is 0 Å². The van der Waals surface area contributed by atoms with Crippen LogP contribution in [0, 0.1) is 0 Å². The molecule has 0 rings (SSSR count). The normalized spacial score (nSPS) is 14.3. The van der Waals surface area contributed by atoms with E-state index in [0.29, 0.717) is 17.4 Å². The second-order valence-electron chi connectivity index (χ2n) is 23.1. The molecule has 0 bridgehead atoms. The second-order valence-corrected chi connectivity index (χ2v) is 24.5. The fourth-order valence-electron chi connectivity index (χ4n) is 8.62. The smallest absolute Gasteiger partial charge is 0.462 e. The molecule has 86 heavy (non-hydrogen) atoms. The highest BCUT2D eigenvalue weighted by molar-refractivity contribution is 7.47. The van der Waals surface area contributed by atoms with E-state index in [1.807, 2.05) is 21.1 Å². The number of unbranched alkanes of at least 4 members (excludes halogenated alkanes) is 18. The molecule has 0 aliphatic carbocycles. The molecule has 9 nitrogen and oxygen atoms in total. The Morgan fingerprint density at radius 2 is 0.628 bits per heavy atom. The predicted octanol–water partition coefficient (Wildman–Crippen LogP) is 22.2. The zero-order chi connectivity index (χ0) is 62.6. The van der Waals surface area contributed by atoms with Gasteiger partial charge in [-0.1, -0.05) is 274 Å². The fourth-order valence-corrected chi connectivity index (χ4v) is 9.36. The van der Waals surface area contributed by atoms with Crippen molar-refractivity contribution >= 4 is 19.8 Å². The SMILES string of the molecule is CC/C=C\C/C=C\C/C=C\C/C=C\C/C=C\C/C=C\C/C=C\CCCCCCCCCCCC(=O)OCC(COP(=O)(O)OCC[N+](C)(C)C)OC(=O)CCCCCCCCCCC/C=C\C/C=C\C/C=C\C/C=C\C/C=C\C/C=C\C/C=C\CC. The van der Waals surface area contributed by atoms with Crippen LogP contribution in [0.1, 0.15) is 245 Å². The summed E-state index contributed by atoms with van der Waals surface area (Å²) in [5, 5.41) is 0. The first kappa shape index (κ1) is 81.4. The third-order valence-corrected chi connectivity index (χ3v) is 14.7. The summed E-state index contributed by atoms with van der Waals surface area (Å²) in [5.74, 6) is -0.822. The van der Waals surface area contributed by atoms with E-state index >= 15 is 0 Å². The number of likely N-dealkylation sites (N-methyl/N-ethyl adjacent to an activating group) is 1. The van der Waals surface area contributed by atoms with E-state index in [0.717, 1.165) is 148 Å². The molecule has 0 saturated carbocycles. The van der Waals surface area contributed by atoms with E-state index < -0.39 is 26.5 Å². The van der Waals surface area contributed by atoms with Crippen molar-refractivity contribution in [3.8, 4) is 0 Å². The molecule has 0 aliphatic heterocycles. The standard InChI is InChI=1S/C76H124NO8P/c1-6-8-10-12-14-16-18-20-22-24-26-28-30-32-34-36-38-40-42-44-46-48-50-52-54-56-58-60-62-64-66-68-75(78)82-72-74(73-84-86(80,81)83-71-70-77(3,4)5)85-76(79)69-67-65-63-61-59-57-55-53-51-49-47-45-43-41-39-37-35-33-31-29-27-25-23-21-19-17-15-13-11-9-7-2/h8-11,14-17,20-23,26-29,32-35,38-41,44-47,74H,6-7,12-13,18-19,24-25,30-31,36-37,42-43,48-73H2,1-5H3/p+1/b10-8-,11-9-,16-14-,17-15-,22-20-,23-21-,28-26-,29-27-,34-32-,35-33-,40-38-,41-39-,46-44-,47-45-. The Hall–Kier alpha value is -4.63. The highest BCUT2D eigenvalue weighted by atomic mass is 31.2. The number of phosphoric ester groups is 1. The highest BCUT2D eigenvalue weighted by Gasteiger charge is 2.27. The number of hydrogen-bond donors (Lipinski definition) is 1. The van der Waals surface area contributed by atoms with Crippen LogP contribution in [0.5, 0.6) is 0 Å². The lowest BCUT2D eigenvalue weighted by Gasteiger charge is -2.24. The Labute approximate surface area is 528 Å². The molecular formula is C76H125NO8P+. The van der Waals surface area contributed by atoms with Gasteiger partial charge in [0.1, 0.15) is 19.8 Å². The van der Waals surface area contributed by atoms with E-state index in [4.69, 9.17) is 18.5 Å². The van der Waals surface area contributed by atoms with Crippen LogP contribution in [0.3, 0.4) is 0 Å². The summed E-state index contributed by atoms with van der Waals surface area (Å²) in [4.78, 5) is 35.9. The summed E-state index contributed by atoms with van der Waals surface area (Å²) in [7, 11) is 1.45. The van der Waals surface area contributed by atoms with Crippen LogP contribution < -0.4 is 0 Å². The summed E-state index contributed by atoms with van der Waals surface area (Å²) in [6.07, 6.45) is 98.6. The molecule has 2 unspecified atom stereocenters. The Bertz CT molecular complexity index is 2060. The maximum absolute atomic E-state index is 12.9. The van der Waals surface area contributed by atoms with Crippen molar-refractivity contribution in [3.05, 3.63) is 170 Å². The topological polar surface area (TPSA) is 108 Å². The van der Waals surface area contributed by atoms with Gasteiger partial charge in [-0.3, -0.25) is 18.6 Å². The number of esters is 2. The zero-order valence-corrected chi connectivity index (χ0v) is 56.1. The van der Waals surface area contributed by atoms with Gasteiger partial charge >= 0.3 is 19.8 Å². The molecule has 0 aromatic rings. The first-order valence-corrected chi connectivity index (χ1v) is 35.4. The molecule has 2 atom stereocenters. The van der Waals surface area contributed by atoms with Crippen molar-refractivity contribution in [1.29, 1.82) is 0 Å². The number of allylic oxidation sites excluding steroid dienone is 28. The largest absolute Gasteiger partial charge is 0.472 e. The summed E-state index contributed by atoms with van der Waals surface area (Å²) in [6.45, 7) is 4.18. The minimum atomic E-state index is -4.41. The molecule has 0 heterocycles. The first-order valence-electron chi connectivity index (χ1n) is 33.9. The Kier molecular flexibility index (Phi) is 61.3. The van der Waals surface area contributed by atoms with Crippen LogP contribution in [0.2, 0.25) is 0 Å². The van der Waals surface area contributed by atoms with Gasteiger partial charge in [0.15, 0.2) is 6.10 Å². The van der Waals surface area contributed by atoms with Crippen LogP contribution in [-0.4, -0.2) is 74.9 Å². The Morgan fingerprint density at radius 3 is 0.930 bits per heavy atom. The lowest BCUT2D eigenvalue weighted by Crippen LogP contribution is -2.37. The average molecular weight is 1210 g/mol. The van der Waals surface area contributed by atoms with Crippen LogP contribution in [0.25, 0.3) is 0 Å². The van der Waals surface area contributed by atoms with E-state index in [1.165, 1.54) is 64.2 Å². The molecule has 486 valence electrons. The summed E-state index contributed by atoms with van der Waals surface area (Å²) in [5.41, 5.74) is 0. The van der Waals surface area contributed by atoms with Gasteiger partial charge in [0, 0.05) is 12.8 Å². The fraction of sp³-hybridized carbons (Fsp3) is 0.605. The predicted molar refractivity (Wildman–Crippen MR) is 371 cm³/mol. The Balaban J connectivity index is 4.17. The minimum absolute atomic E-state index is 0.0201. The molecule has 0 aromatic carbocycles. The van der Waals surface area contributed by atoms with Gasteiger partial charge in [-0.2, -0.15) is 0 Å². The zero-order valence-electron chi connectivity index (χ0n) is 55.2. The third kappa shape index (κ3) is 68.5. The van der Waals surface area contributed by atoms with E-state index in [9.17, 15) is 19.0 Å². The van der Waals surface area contributed by atoms with Crippen molar-refractivity contribution < 1.29 is 42.1 Å². The molecule has 0 fully saturated rings. The number of hydrogen-bond acceptors (Lipinski definition) is 7. The van der Waals surface area contributed by atoms with Crippen LogP contribution >= 0.6 is 7.82 Å². The maximum Gasteiger partial charge on any atom is 0.472 e. The van der Waals surface area contributed by atoms with Crippen molar-refractivity contribution in [1.82, 2.24) is 0 Å². The third-order valence-electron chi connectivity index (χ3n) is 13.7. The molecule has 0 radical (unpaired) electrons. The summed E-state index contributed by atoms with van der Waals surface area (Å²) in [6, 6.07) is 0. The van der Waals surface area contributed by atoms with Crippen molar-refractivity contribution in [2.45, 2.75) is 251 Å².